The van der Waals surface area contributed by atoms with Crippen molar-refractivity contribution in [2.75, 3.05) is 19.7 Å². The van der Waals surface area contributed by atoms with E-state index in [4.69, 9.17) is 5.11 Å². The van der Waals surface area contributed by atoms with Crippen molar-refractivity contribution < 1.29 is 14.6 Å². The van der Waals surface area contributed by atoms with Crippen molar-refractivity contribution in [3.63, 3.8) is 0 Å². The minimum atomic E-state index is -0.642. The third kappa shape index (κ3) is 4.31. The third-order valence-electron chi connectivity index (χ3n) is 3.36. The predicted molar refractivity (Wildman–Crippen MR) is 75.5 cm³/mol. The molecule has 1 unspecified atom stereocenters. The summed E-state index contributed by atoms with van der Waals surface area (Å²) in [6.45, 7) is 3.87. The molecule has 1 aromatic rings. The standard InChI is InChI=1S/C16H20FNO2/c1-16(20)5-6-18(12-16)11-14-8-13(4-2-3-7-19)9-15(17)10-14/h8-10,19-20H,3,5-7,11-12H2,1H3. The molecular formula is C16H20FNO2. The highest BCUT2D eigenvalue weighted by atomic mass is 19.1. The Morgan fingerprint density at radius 3 is 2.85 bits per heavy atom. The van der Waals surface area contributed by atoms with Crippen molar-refractivity contribution in [1.29, 1.82) is 0 Å². The second-order valence-corrected chi connectivity index (χ2v) is 5.58. The predicted octanol–water partition coefficient (Wildman–Crippen LogP) is 1.52. The van der Waals surface area contributed by atoms with Gasteiger partial charge in [0.25, 0.3) is 0 Å². The quantitative estimate of drug-likeness (QED) is 0.823. The lowest BCUT2D eigenvalue weighted by molar-refractivity contribution is 0.0679. The minimum Gasteiger partial charge on any atom is -0.395 e. The average Bonchev–Trinajstić information content (AvgIpc) is 2.68. The molecule has 1 aliphatic rings. The molecule has 1 aromatic carbocycles. The van der Waals surface area contributed by atoms with Crippen molar-refractivity contribution in [3.8, 4) is 11.8 Å². The molecule has 108 valence electrons. The van der Waals surface area contributed by atoms with Crippen LogP contribution in [0.5, 0.6) is 0 Å². The maximum Gasteiger partial charge on any atom is 0.124 e. The Kier molecular flexibility index (Phi) is 4.77. The highest BCUT2D eigenvalue weighted by Crippen LogP contribution is 2.22. The first-order valence-electron chi connectivity index (χ1n) is 6.82. The van der Waals surface area contributed by atoms with E-state index in [2.05, 4.69) is 16.7 Å². The largest absolute Gasteiger partial charge is 0.395 e. The molecule has 1 fully saturated rings. The van der Waals surface area contributed by atoms with Gasteiger partial charge < -0.3 is 10.2 Å². The van der Waals surface area contributed by atoms with Crippen LogP contribution in [-0.4, -0.2) is 40.4 Å². The highest BCUT2D eigenvalue weighted by Gasteiger charge is 2.31. The van der Waals surface area contributed by atoms with Gasteiger partial charge in [-0.3, -0.25) is 4.90 Å². The SMILES string of the molecule is CC1(O)CCN(Cc2cc(F)cc(C#CCCO)c2)C1. The van der Waals surface area contributed by atoms with Crippen LogP contribution >= 0.6 is 0 Å². The van der Waals surface area contributed by atoms with Crippen molar-refractivity contribution in [1.82, 2.24) is 4.90 Å². The van der Waals surface area contributed by atoms with Crippen LogP contribution < -0.4 is 0 Å². The fourth-order valence-corrected chi connectivity index (χ4v) is 2.47. The number of aliphatic hydroxyl groups is 2. The van der Waals surface area contributed by atoms with Gasteiger partial charge in [0.2, 0.25) is 0 Å². The lowest BCUT2D eigenvalue weighted by Gasteiger charge is -2.18. The van der Waals surface area contributed by atoms with E-state index in [1.807, 2.05) is 13.0 Å². The van der Waals surface area contributed by atoms with E-state index in [0.717, 1.165) is 18.5 Å². The summed E-state index contributed by atoms with van der Waals surface area (Å²) in [7, 11) is 0. The van der Waals surface area contributed by atoms with Crippen molar-refractivity contribution in [3.05, 3.63) is 35.1 Å². The second kappa shape index (κ2) is 6.36. The van der Waals surface area contributed by atoms with E-state index in [0.29, 0.717) is 25.1 Å². The number of nitrogens with zero attached hydrogens (tertiary/aromatic N) is 1. The molecule has 0 bridgehead atoms. The van der Waals surface area contributed by atoms with Gasteiger partial charge in [0.1, 0.15) is 5.82 Å². The lowest BCUT2D eigenvalue weighted by atomic mass is 10.1. The number of rotatable bonds is 3. The van der Waals surface area contributed by atoms with E-state index < -0.39 is 5.60 Å². The molecule has 0 saturated carbocycles. The van der Waals surface area contributed by atoms with Crippen LogP contribution in [0.1, 0.15) is 30.9 Å². The topological polar surface area (TPSA) is 43.7 Å². The van der Waals surface area contributed by atoms with Gasteiger partial charge in [-0.05, 0) is 37.1 Å². The van der Waals surface area contributed by atoms with Crippen LogP contribution in [0.15, 0.2) is 18.2 Å². The Hall–Kier alpha value is -1.41. The van der Waals surface area contributed by atoms with Crippen LogP contribution in [0.3, 0.4) is 0 Å². The van der Waals surface area contributed by atoms with Crippen LogP contribution in [-0.2, 0) is 6.54 Å². The molecule has 4 heteroatoms. The molecule has 0 amide bonds. The van der Waals surface area contributed by atoms with Gasteiger partial charge in [0, 0.05) is 31.6 Å². The summed E-state index contributed by atoms with van der Waals surface area (Å²) in [4.78, 5) is 2.11. The number of halogens is 1. The van der Waals surface area contributed by atoms with Crippen molar-refractivity contribution in [2.45, 2.75) is 31.9 Å². The molecule has 1 saturated heterocycles. The van der Waals surface area contributed by atoms with Gasteiger partial charge in [-0.15, -0.1) is 0 Å². The summed E-state index contributed by atoms with van der Waals surface area (Å²) < 4.78 is 13.6. The third-order valence-corrected chi connectivity index (χ3v) is 3.36. The summed E-state index contributed by atoms with van der Waals surface area (Å²) >= 11 is 0. The first-order valence-corrected chi connectivity index (χ1v) is 6.82. The van der Waals surface area contributed by atoms with Gasteiger partial charge in [0.05, 0.1) is 12.2 Å². The number of hydrogen-bond acceptors (Lipinski definition) is 3. The fourth-order valence-electron chi connectivity index (χ4n) is 2.47. The lowest BCUT2D eigenvalue weighted by Crippen LogP contribution is -2.29. The van der Waals surface area contributed by atoms with E-state index >= 15 is 0 Å². The summed E-state index contributed by atoms with van der Waals surface area (Å²) in [5.41, 5.74) is 0.840. The van der Waals surface area contributed by atoms with Gasteiger partial charge in [-0.1, -0.05) is 11.8 Å². The molecule has 0 radical (unpaired) electrons. The molecule has 1 heterocycles. The maximum atomic E-state index is 13.6. The summed E-state index contributed by atoms with van der Waals surface area (Å²) in [6.07, 6.45) is 1.13. The molecule has 0 spiro atoms. The fraction of sp³-hybridized carbons (Fsp3) is 0.500. The van der Waals surface area contributed by atoms with Crippen molar-refractivity contribution in [2.24, 2.45) is 0 Å². The molecule has 1 aliphatic heterocycles. The van der Waals surface area contributed by atoms with Crippen LogP contribution in [0.25, 0.3) is 0 Å². The molecular weight excluding hydrogens is 257 g/mol. The normalized spacial score (nSPS) is 22.6. The first-order chi connectivity index (χ1) is 9.48. The number of aliphatic hydroxyl groups excluding tert-OH is 1. The summed E-state index contributed by atoms with van der Waals surface area (Å²) in [5.74, 6) is 5.34. The zero-order valence-corrected chi connectivity index (χ0v) is 11.7. The zero-order valence-electron chi connectivity index (χ0n) is 11.7. The molecule has 0 aromatic heterocycles. The second-order valence-electron chi connectivity index (χ2n) is 5.58. The molecule has 2 N–H and O–H groups in total. The van der Waals surface area contributed by atoms with Gasteiger partial charge in [-0.25, -0.2) is 4.39 Å². The average molecular weight is 277 g/mol. The number of hydrogen-bond donors (Lipinski definition) is 2. The van der Waals surface area contributed by atoms with E-state index in [9.17, 15) is 9.50 Å². The molecule has 3 nitrogen and oxygen atoms in total. The Balaban J connectivity index is 2.07. The Morgan fingerprint density at radius 2 is 2.20 bits per heavy atom. The van der Waals surface area contributed by atoms with Crippen LogP contribution in [0, 0.1) is 17.7 Å². The molecule has 0 aliphatic carbocycles. The monoisotopic (exact) mass is 277 g/mol. The Morgan fingerprint density at radius 1 is 1.40 bits per heavy atom. The van der Waals surface area contributed by atoms with Crippen LogP contribution in [0.4, 0.5) is 4.39 Å². The van der Waals surface area contributed by atoms with E-state index in [1.165, 1.54) is 12.1 Å². The zero-order chi connectivity index (χ0) is 14.6. The molecule has 2 rings (SSSR count). The van der Waals surface area contributed by atoms with E-state index in [-0.39, 0.29) is 12.4 Å². The molecule has 20 heavy (non-hydrogen) atoms. The van der Waals surface area contributed by atoms with Gasteiger partial charge in [0.15, 0.2) is 0 Å². The van der Waals surface area contributed by atoms with Crippen LogP contribution in [0.2, 0.25) is 0 Å². The van der Waals surface area contributed by atoms with Gasteiger partial charge >= 0.3 is 0 Å². The maximum absolute atomic E-state index is 13.6. The minimum absolute atomic E-state index is 0.0119. The summed E-state index contributed by atoms with van der Waals surface area (Å²) in [6, 6.07) is 4.76. The van der Waals surface area contributed by atoms with E-state index in [1.54, 1.807) is 0 Å². The number of likely N-dealkylation sites (tertiary alicyclic amines) is 1. The van der Waals surface area contributed by atoms with Gasteiger partial charge in [-0.2, -0.15) is 0 Å². The first kappa shape index (κ1) is 15.0. The number of benzene rings is 1. The number of β-amino-alcohol motifs (C(OH)–C–C–N with tert-alkyl or cyclic N) is 1. The highest BCUT2D eigenvalue weighted by molar-refractivity contribution is 5.37. The molecule has 1 atom stereocenters. The smallest absolute Gasteiger partial charge is 0.124 e. The van der Waals surface area contributed by atoms with Crippen molar-refractivity contribution >= 4 is 0 Å². The summed E-state index contributed by atoms with van der Waals surface area (Å²) in [5, 5.41) is 18.6. The Bertz CT molecular complexity index is 531. The Labute approximate surface area is 119 Å².